The fraction of sp³-hybridized carbons (Fsp3) is 0.294. The zero-order valence-corrected chi connectivity index (χ0v) is 12.3. The van der Waals surface area contributed by atoms with Crippen molar-refractivity contribution in [3.63, 3.8) is 0 Å². The molecule has 1 fully saturated rings. The summed E-state index contributed by atoms with van der Waals surface area (Å²) in [7, 11) is 0. The van der Waals surface area contributed by atoms with Crippen molar-refractivity contribution in [2.75, 3.05) is 0 Å². The number of amidine groups is 1. The highest BCUT2D eigenvalue weighted by Crippen LogP contribution is 2.42. The van der Waals surface area contributed by atoms with Crippen LogP contribution in [-0.4, -0.2) is 22.2 Å². The molecule has 2 heterocycles. The normalized spacial score (nSPS) is 22.5. The van der Waals surface area contributed by atoms with Crippen LogP contribution >= 0.6 is 11.6 Å². The number of carbonyl (C=O) groups excluding carboxylic acids is 1. The van der Waals surface area contributed by atoms with Gasteiger partial charge in [0.05, 0.1) is 0 Å². The molecule has 4 rings (SSSR count). The Morgan fingerprint density at radius 2 is 2.00 bits per heavy atom. The van der Waals surface area contributed by atoms with E-state index in [1.54, 1.807) is 0 Å². The number of aliphatic imine (C=N–C) groups is 1. The topological polar surface area (TPSA) is 32.7 Å². The molecule has 1 spiro atoms. The minimum Gasteiger partial charge on any atom is -0.317 e. The highest BCUT2D eigenvalue weighted by atomic mass is 35.5. The first-order valence-corrected chi connectivity index (χ1v) is 7.65. The molecule has 1 saturated carbocycles. The summed E-state index contributed by atoms with van der Waals surface area (Å²) in [5, 5.41) is 0.717. The van der Waals surface area contributed by atoms with Gasteiger partial charge in [0.1, 0.15) is 11.4 Å². The summed E-state index contributed by atoms with van der Waals surface area (Å²) in [6.07, 6.45) is 9.96. The van der Waals surface area contributed by atoms with E-state index in [0.717, 1.165) is 42.7 Å². The number of hydrogen-bond donors (Lipinski definition) is 0. The zero-order chi connectivity index (χ0) is 14.4. The number of amides is 1. The molecule has 0 bridgehead atoms. The minimum absolute atomic E-state index is 0.0169. The van der Waals surface area contributed by atoms with Crippen molar-refractivity contribution in [3.05, 3.63) is 53.2 Å². The molecule has 106 valence electrons. The summed E-state index contributed by atoms with van der Waals surface area (Å²) < 4.78 is 0. The van der Waals surface area contributed by atoms with Gasteiger partial charge in [-0.05, 0) is 48.3 Å². The Kier molecular flexibility index (Phi) is 2.79. The lowest BCUT2D eigenvalue weighted by Crippen LogP contribution is -2.46. The molecule has 3 aliphatic rings. The van der Waals surface area contributed by atoms with Crippen LogP contribution < -0.4 is 0 Å². The standard InChI is InChI=1S/C17H15ClN2O/c18-14-5-3-4-12(10-14)13-6-7-15-19-16(21)17(20(15)11-13)8-1-2-9-17/h3-7,10-11H,1-2,8-9H2. The van der Waals surface area contributed by atoms with Gasteiger partial charge >= 0.3 is 0 Å². The van der Waals surface area contributed by atoms with E-state index in [9.17, 15) is 4.79 Å². The van der Waals surface area contributed by atoms with E-state index < -0.39 is 5.54 Å². The summed E-state index contributed by atoms with van der Waals surface area (Å²) >= 11 is 6.08. The van der Waals surface area contributed by atoms with Gasteiger partial charge in [-0.15, -0.1) is 0 Å². The van der Waals surface area contributed by atoms with E-state index in [1.807, 2.05) is 36.4 Å². The van der Waals surface area contributed by atoms with Crippen LogP contribution in [0.1, 0.15) is 31.2 Å². The highest BCUT2D eigenvalue weighted by Gasteiger charge is 2.51. The third kappa shape index (κ3) is 1.88. The monoisotopic (exact) mass is 298 g/mol. The van der Waals surface area contributed by atoms with Gasteiger partial charge in [0.15, 0.2) is 0 Å². The number of benzene rings is 1. The third-order valence-electron chi connectivity index (χ3n) is 4.59. The highest BCUT2D eigenvalue weighted by molar-refractivity contribution is 6.30. The lowest BCUT2D eigenvalue weighted by atomic mass is 9.94. The fourth-order valence-corrected chi connectivity index (χ4v) is 3.68. The largest absolute Gasteiger partial charge is 0.317 e. The summed E-state index contributed by atoms with van der Waals surface area (Å²) in [5.74, 6) is 0.788. The first kappa shape index (κ1) is 12.8. The predicted molar refractivity (Wildman–Crippen MR) is 84.0 cm³/mol. The number of halogens is 1. The van der Waals surface area contributed by atoms with Crippen LogP contribution in [0.3, 0.4) is 0 Å². The van der Waals surface area contributed by atoms with Crippen LogP contribution in [-0.2, 0) is 4.79 Å². The lowest BCUT2D eigenvalue weighted by Gasteiger charge is -2.34. The SMILES string of the molecule is O=C1N=C2C=CC(c3cccc(Cl)c3)=CN2C12CCCC2. The maximum Gasteiger partial charge on any atom is 0.273 e. The number of fused-ring (bicyclic) bond motifs is 2. The second-order valence-electron chi connectivity index (χ2n) is 5.81. The summed E-state index contributed by atoms with van der Waals surface area (Å²) in [5.41, 5.74) is 1.70. The van der Waals surface area contributed by atoms with Gasteiger partial charge in [0.2, 0.25) is 0 Å². The smallest absolute Gasteiger partial charge is 0.273 e. The molecular formula is C17H15ClN2O. The Bertz CT molecular complexity index is 711. The quantitative estimate of drug-likeness (QED) is 0.790. The van der Waals surface area contributed by atoms with Crippen LogP contribution in [0.2, 0.25) is 5.02 Å². The van der Waals surface area contributed by atoms with Crippen LogP contribution in [0, 0.1) is 0 Å². The average Bonchev–Trinajstić information content (AvgIpc) is 3.07. The van der Waals surface area contributed by atoms with Crippen LogP contribution in [0.5, 0.6) is 0 Å². The van der Waals surface area contributed by atoms with Crippen molar-refractivity contribution in [2.45, 2.75) is 31.2 Å². The zero-order valence-electron chi connectivity index (χ0n) is 11.6. The van der Waals surface area contributed by atoms with E-state index in [-0.39, 0.29) is 5.91 Å². The molecular weight excluding hydrogens is 284 g/mol. The van der Waals surface area contributed by atoms with Crippen LogP contribution in [0.25, 0.3) is 5.57 Å². The molecule has 0 unspecified atom stereocenters. The second-order valence-corrected chi connectivity index (χ2v) is 6.25. The minimum atomic E-state index is -0.427. The van der Waals surface area contributed by atoms with Gasteiger partial charge < -0.3 is 4.90 Å². The Morgan fingerprint density at radius 3 is 2.76 bits per heavy atom. The molecule has 0 atom stereocenters. The fourth-order valence-electron chi connectivity index (χ4n) is 3.49. The molecule has 1 aromatic carbocycles. The molecule has 0 N–H and O–H groups in total. The van der Waals surface area contributed by atoms with Crippen LogP contribution in [0.15, 0.2) is 47.6 Å². The van der Waals surface area contributed by atoms with Crippen molar-refractivity contribution in [3.8, 4) is 0 Å². The first-order chi connectivity index (χ1) is 10.2. The van der Waals surface area contributed by atoms with Gasteiger partial charge in [-0.2, -0.15) is 4.99 Å². The van der Waals surface area contributed by atoms with Crippen molar-refractivity contribution < 1.29 is 4.79 Å². The van der Waals surface area contributed by atoms with E-state index in [1.165, 1.54) is 0 Å². The summed E-state index contributed by atoms with van der Waals surface area (Å²) in [6, 6.07) is 7.78. The molecule has 1 aromatic rings. The maximum absolute atomic E-state index is 12.3. The van der Waals surface area contributed by atoms with Gasteiger partial charge in [-0.25, -0.2) is 0 Å². The van der Waals surface area contributed by atoms with Gasteiger partial charge in [-0.1, -0.05) is 36.6 Å². The molecule has 1 aliphatic carbocycles. The van der Waals surface area contributed by atoms with E-state index in [2.05, 4.69) is 16.1 Å². The summed E-state index contributed by atoms with van der Waals surface area (Å²) in [6.45, 7) is 0. The van der Waals surface area contributed by atoms with E-state index in [4.69, 9.17) is 11.6 Å². The number of rotatable bonds is 1. The number of hydrogen-bond acceptors (Lipinski definition) is 2. The van der Waals surface area contributed by atoms with Gasteiger partial charge in [-0.3, -0.25) is 4.79 Å². The number of allylic oxidation sites excluding steroid dienone is 2. The van der Waals surface area contributed by atoms with Gasteiger partial charge in [0.25, 0.3) is 5.91 Å². The van der Waals surface area contributed by atoms with Crippen molar-refractivity contribution in [1.29, 1.82) is 0 Å². The van der Waals surface area contributed by atoms with E-state index >= 15 is 0 Å². The molecule has 2 aliphatic heterocycles. The average molecular weight is 299 g/mol. The Hall–Kier alpha value is -1.87. The molecule has 21 heavy (non-hydrogen) atoms. The Morgan fingerprint density at radius 1 is 1.19 bits per heavy atom. The molecule has 3 nitrogen and oxygen atoms in total. The van der Waals surface area contributed by atoms with Crippen molar-refractivity contribution in [1.82, 2.24) is 4.90 Å². The molecule has 0 saturated heterocycles. The Labute approximate surface area is 128 Å². The van der Waals surface area contributed by atoms with Crippen LogP contribution in [0.4, 0.5) is 0 Å². The number of nitrogens with zero attached hydrogens (tertiary/aromatic N) is 2. The maximum atomic E-state index is 12.3. The lowest BCUT2D eigenvalue weighted by molar-refractivity contribution is -0.124. The summed E-state index contributed by atoms with van der Waals surface area (Å²) in [4.78, 5) is 18.7. The molecule has 0 radical (unpaired) electrons. The second kappa shape index (κ2) is 4.57. The molecule has 1 amide bonds. The van der Waals surface area contributed by atoms with Crippen molar-refractivity contribution >= 4 is 28.9 Å². The van der Waals surface area contributed by atoms with E-state index in [0.29, 0.717) is 5.02 Å². The first-order valence-electron chi connectivity index (χ1n) is 7.27. The molecule has 0 aromatic heterocycles. The third-order valence-corrected chi connectivity index (χ3v) is 4.83. The molecule has 4 heteroatoms. The van der Waals surface area contributed by atoms with Gasteiger partial charge in [0, 0.05) is 11.2 Å². The predicted octanol–water partition coefficient (Wildman–Crippen LogP) is 3.80. The number of carbonyl (C=O) groups is 1. The Balaban J connectivity index is 1.77. The van der Waals surface area contributed by atoms with Crippen molar-refractivity contribution in [2.24, 2.45) is 4.99 Å².